The van der Waals surface area contributed by atoms with Crippen LogP contribution in [-0.2, 0) is 19.4 Å². The molecule has 0 amide bonds. The van der Waals surface area contributed by atoms with Crippen LogP contribution in [0.15, 0.2) is 0 Å². The Balaban J connectivity index is 2.45. The van der Waals surface area contributed by atoms with Gasteiger partial charge in [-0.05, 0) is 37.8 Å². The molecule has 0 spiro atoms. The number of hydrogen-bond donors (Lipinski definition) is 3. The minimum absolute atomic E-state index is 0.598. The Morgan fingerprint density at radius 3 is 3.00 bits per heavy atom. The highest BCUT2D eigenvalue weighted by atomic mass is 32.1. The van der Waals surface area contributed by atoms with E-state index in [0.29, 0.717) is 4.77 Å². The van der Waals surface area contributed by atoms with Crippen molar-refractivity contribution in [1.29, 1.82) is 0 Å². The van der Waals surface area contributed by atoms with Crippen LogP contribution < -0.4 is 10.6 Å². The molecule has 2 heterocycles. The topological polar surface area (TPSA) is 52.7 Å². The van der Waals surface area contributed by atoms with Crippen molar-refractivity contribution in [2.45, 2.75) is 19.4 Å². The Morgan fingerprint density at radius 2 is 2.20 bits per heavy atom. The molecule has 1 aliphatic heterocycles. The maximum Gasteiger partial charge on any atom is 0.197 e. The Hall–Kier alpha value is -0.780. The van der Waals surface area contributed by atoms with Gasteiger partial charge in [0.15, 0.2) is 4.77 Å². The minimum Gasteiger partial charge on any atom is -0.334 e. The summed E-state index contributed by atoms with van der Waals surface area (Å²) >= 11 is 5.13. The van der Waals surface area contributed by atoms with Crippen molar-refractivity contribution in [2.24, 2.45) is 0 Å². The molecule has 0 bridgehead atoms. The lowest BCUT2D eigenvalue weighted by atomic mass is 10.1. The normalized spacial score (nSPS) is 15.8. The van der Waals surface area contributed by atoms with E-state index in [-0.39, 0.29) is 0 Å². The van der Waals surface area contributed by atoms with Gasteiger partial charge in [-0.1, -0.05) is 0 Å². The Kier molecular flexibility index (Phi) is 3.45. The van der Waals surface area contributed by atoms with Crippen molar-refractivity contribution in [2.75, 3.05) is 20.1 Å². The van der Waals surface area contributed by atoms with E-state index in [1.165, 1.54) is 11.3 Å². The van der Waals surface area contributed by atoms with Gasteiger partial charge in [0, 0.05) is 25.2 Å². The van der Waals surface area contributed by atoms with Crippen LogP contribution in [-0.4, -0.2) is 30.1 Å². The monoisotopic (exact) mass is 224 g/mol. The van der Waals surface area contributed by atoms with Crippen LogP contribution in [0.4, 0.5) is 0 Å². The van der Waals surface area contributed by atoms with Crippen LogP contribution in [0.5, 0.6) is 0 Å². The molecule has 0 radical (unpaired) electrons. The van der Waals surface area contributed by atoms with Gasteiger partial charge in [0.25, 0.3) is 0 Å². The lowest BCUT2D eigenvalue weighted by Gasteiger charge is -2.10. The SMILES string of the molecule is CNCc1nc(=S)[nH]c2c1CCNCC2. The molecule has 1 aromatic rings. The molecule has 3 N–H and O–H groups in total. The highest BCUT2D eigenvalue weighted by molar-refractivity contribution is 7.71. The molecule has 1 aliphatic rings. The summed E-state index contributed by atoms with van der Waals surface area (Å²) in [6.07, 6.45) is 2.05. The van der Waals surface area contributed by atoms with Crippen molar-refractivity contribution >= 4 is 12.2 Å². The number of aromatic nitrogens is 2. The second kappa shape index (κ2) is 4.83. The fraction of sp³-hybridized carbons (Fsp3) is 0.600. The van der Waals surface area contributed by atoms with E-state index in [4.69, 9.17) is 12.2 Å². The molecule has 0 aliphatic carbocycles. The minimum atomic E-state index is 0.598. The predicted octanol–water partition coefficient (Wildman–Crippen LogP) is 0.547. The zero-order valence-corrected chi connectivity index (χ0v) is 9.71. The Morgan fingerprint density at radius 1 is 1.40 bits per heavy atom. The summed E-state index contributed by atoms with van der Waals surface area (Å²) in [4.78, 5) is 7.59. The van der Waals surface area contributed by atoms with E-state index in [1.54, 1.807) is 0 Å². The molecular formula is C10H16N4S. The third kappa shape index (κ3) is 2.42. The van der Waals surface area contributed by atoms with Gasteiger partial charge in [-0.15, -0.1) is 0 Å². The van der Waals surface area contributed by atoms with Crippen LogP contribution in [0.2, 0.25) is 0 Å². The molecule has 1 aromatic heterocycles. The second-order valence-electron chi connectivity index (χ2n) is 3.73. The fourth-order valence-corrected chi connectivity index (χ4v) is 2.20. The number of rotatable bonds is 2. The van der Waals surface area contributed by atoms with Gasteiger partial charge in [0.1, 0.15) is 0 Å². The summed E-state index contributed by atoms with van der Waals surface area (Å²) in [6, 6.07) is 0. The third-order valence-electron chi connectivity index (χ3n) is 2.65. The summed E-state index contributed by atoms with van der Waals surface area (Å²) in [5.41, 5.74) is 3.69. The largest absolute Gasteiger partial charge is 0.334 e. The third-order valence-corrected chi connectivity index (χ3v) is 2.85. The molecule has 0 saturated carbocycles. The van der Waals surface area contributed by atoms with Crippen molar-refractivity contribution in [1.82, 2.24) is 20.6 Å². The van der Waals surface area contributed by atoms with E-state index >= 15 is 0 Å². The summed E-state index contributed by atoms with van der Waals surface area (Å²) in [5, 5.41) is 6.52. The van der Waals surface area contributed by atoms with Crippen LogP contribution in [0.3, 0.4) is 0 Å². The number of hydrogen-bond acceptors (Lipinski definition) is 4. The molecule has 4 nitrogen and oxygen atoms in total. The lowest BCUT2D eigenvalue weighted by molar-refractivity contribution is 0.706. The van der Waals surface area contributed by atoms with Crippen molar-refractivity contribution < 1.29 is 0 Å². The van der Waals surface area contributed by atoms with E-state index < -0.39 is 0 Å². The average molecular weight is 224 g/mol. The number of H-pyrrole nitrogens is 1. The molecule has 0 atom stereocenters. The van der Waals surface area contributed by atoms with Gasteiger partial charge in [-0.3, -0.25) is 0 Å². The van der Waals surface area contributed by atoms with Gasteiger partial charge in [-0.25, -0.2) is 4.98 Å². The van der Waals surface area contributed by atoms with E-state index in [2.05, 4.69) is 20.6 Å². The standard InChI is InChI=1S/C10H16N4S/c1-11-6-9-7-2-4-12-5-3-8(7)13-10(15)14-9/h11-12H,2-6H2,1H3,(H,13,14,15). The number of fused-ring (bicyclic) bond motifs is 1. The summed E-state index contributed by atoms with van der Waals surface area (Å²) in [7, 11) is 1.93. The second-order valence-corrected chi connectivity index (χ2v) is 4.11. The Labute approximate surface area is 94.5 Å². The van der Waals surface area contributed by atoms with Gasteiger partial charge < -0.3 is 15.6 Å². The highest BCUT2D eigenvalue weighted by Crippen LogP contribution is 2.13. The summed E-state index contributed by atoms with van der Waals surface area (Å²) in [6.45, 7) is 2.83. The first-order chi connectivity index (χ1) is 7.31. The van der Waals surface area contributed by atoms with Gasteiger partial charge in [0.2, 0.25) is 0 Å². The average Bonchev–Trinajstić information content (AvgIpc) is 2.43. The van der Waals surface area contributed by atoms with Crippen LogP contribution in [0.1, 0.15) is 17.0 Å². The molecule has 0 fully saturated rings. The maximum absolute atomic E-state index is 5.13. The fourth-order valence-electron chi connectivity index (χ4n) is 1.97. The highest BCUT2D eigenvalue weighted by Gasteiger charge is 2.12. The maximum atomic E-state index is 5.13. The molecule has 15 heavy (non-hydrogen) atoms. The van der Waals surface area contributed by atoms with Crippen LogP contribution in [0, 0.1) is 4.77 Å². The quantitative estimate of drug-likeness (QED) is 0.642. The molecule has 0 aromatic carbocycles. The van der Waals surface area contributed by atoms with Crippen LogP contribution in [0.25, 0.3) is 0 Å². The smallest absolute Gasteiger partial charge is 0.197 e. The van der Waals surface area contributed by atoms with E-state index in [0.717, 1.165) is 38.2 Å². The first kappa shape index (κ1) is 10.7. The predicted molar refractivity (Wildman–Crippen MR) is 62.5 cm³/mol. The molecule has 82 valence electrons. The first-order valence-corrected chi connectivity index (χ1v) is 5.68. The van der Waals surface area contributed by atoms with Gasteiger partial charge >= 0.3 is 0 Å². The number of aromatic amines is 1. The summed E-state index contributed by atoms with van der Waals surface area (Å²) in [5.74, 6) is 0. The van der Waals surface area contributed by atoms with Crippen LogP contribution >= 0.6 is 12.2 Å². The van der Waals surface area contributed by atoms with Crippen molar-refractivity contribution in [3.05, 3.63) is 21.7 Å². The molecule has 0 unspecified atom stereocenters. The van der Waals surface area contributed by atoms with Crippen molar-refractivity contribution in [3.63, 3.8) is 0 Å². The molecular weight excluding hydrogens is 208 g/mol. The lowest BCUT2D eigenvalue weighted by Crippen LogP contribution is -2.16. The molecule has 0 saturated heterocycles. The van der Waals surface area contributed by atoms with Crippen molar-refractivity contribution in [3.8, 4) is 0 Å². The zero-order valence-electron chi connectivity index (χ0n) is 8.89. The number of nitrogens with zero attached hydrogens (tertiary/aromatic N) is 1. The van der Waals surface area contributed by atoms with E-state index in [9.17, 15) is 0 Å². The summed E-state index contributed by atoms with van der Waals surface area (Å²) < 4.78 is 0.598. The zero-order chi connectivity index (χ0) is 10.7. The molecule has 5 heteroatoms. The first-order valence-electron chi connectivity index (χ1n) is 5.27. The Bertz CT molecular complexity index is 399. The molecule has 2 rings (SSSR count). The van der Waals surface area contributed by atoms with Gasteiger partial charge in [0.05, 0.1) is 5.69 Å². The number of nitrogens with one attached hydrogen (secondary N) is 3. The van der Waals surface area contributed by atoms with E-state index in [1.807, 2.05) is 7.05 Å². The van der Waals surface area contributed by atoms with Gasteiger partial charge in [-0.2, -0.15) is 0 Å².